The number of carbonyl (C=O) groups excluding carboxylic acids is 2. The van der Waals surface area contributed by atoms with Crippen LogP contribution >= 0.6 is 0 Å². The summed E-state index contributed by atoms with van der Waals surface area (Å²) in [6.07, 6.45) is -5.31. The zero-order chi connectivity index (χ0) is 37.2. The van der Waals surface area contributed by atoms with Gasteiger partial charge >= 0.3 is 5.97 Å². The molecule has 3 rings (SSSR count). The highest BCUT2D eigenvalue weighted by Crippen LogP contribution is 2.40. The van der Waals surface area contributed by atoms with Gasteiger partial charge in [-0.2, -0.15) is 0 Å². The van der Waals surface area contributed by atoms with E-state index in [-0.39, 0.29) is 42.6 Å². The van der Waals surface area contributed by atoms with Gasteiger partial charge in [-0.05, 0) is 80.3 Å². The lowest BCUT2D eigenvalue weighted by Crippen LogP contribution is -2.60. The van der Waals surface area contributed by atoms with Crippen molar-refractivity contribution in [1.29, 1.82) is 0 Å². The Morgan fingerprint density at radius 2 is 1.55 bits per heavy atom. The van der Waals surface area contributed by atoms with E-state index in [4.69, 9.17) is 28.4 Å². The molecule has 0 spiro atoms. The van der Waals surface area contributed by atoms with Crippen LogP contribution in [0.3, 0.4) is 0 Å². The second kappa shape index (κ2) is 17.1. The van der Waals surface area contributed by atoms with Crippen molar-refractivity contribution in [2.24, 2.45) is 29.6 Å². The molecule has 3 heterocycles. The molecule has 3 N–H and O–H groups in total. The average molecular weight is 702 g/mol. The second-order valence-electron chi connectivity index (χ2n) is 16.2. The number of ether oxygens (including phenoxy) is 6. The third kappa shape index (κ3) is 9.81. The van der Waals surface area contributed by atoms with Crippen molar-refractivity contribution >= 4 is 11.8 Å². The number of aliphatic hydroxyl groups excluding tert-OH is 2. The molecule has 3 saturated heterocycles. The molecule has 12 heteroatoms. The van der Waals surface area contributed by atoms with E-state index in [1.54, 1.807) is 27.7 Å². The maximum Gasteiger partial charge on any atom is 0.311 e. The highest BCUT2D eigenvalue weighted by Gasteiger charge is 2.52. The number of rotatable bonds is 7. The van der Waals surface area contributed by atoms with Gasteiger partial charge in [-0.15, -0.1) is 0 Å². The van der Waals surface area contributed by atoms with Crippen molar-refractivity contribution < 1.29 is 53.3 Å². The molecule has 3 aliphatic rings. The summed E-state index contributed by atoms with van der Waals surface area (Å²) < 4.78 is 37.5. The van der Waals surface area contributed by atoms with Gasteiger partial charge in [0.2, 0.25) is 0 Å². The molecule has 3 aliphatic heterocycles. The van der Waals surface area contributed by atoms with E-state index in [1.165, 1.54) is 7.11 Å². The number of likely N-dealkylation sites (N-methyl/N-ethyl adjacent to an activating group) is 1. The summed E-state index contributed by atoms with van der Waals surface area (Å²) in [4.78, 5) is 29.7. The normalized spacial score (nSPS) is 48.2. The third-order valence-corrected chi connectivity index (χ3v) is 11.5. The Morgan fingerprint density at radius 3 is 2.12 bits per heavy atom. The summed E-state index contributed by atoms with van der Waals surface area (Å²) in [7, 11) is 5.29. The monoisotopic (exact) mass is 701 g/mol. The molecule has 0 saturated carbocycles. The molecule has 0 amide bonds. The summed E-state index contributed by atoms with van der Waals surface area (Å²) in [5.41, 5.74) is -2.61. The van der Waals surface area contributed by atoms with Gasteiger partial charge in [0.15, 0.2) is 12.6 Å². The zero-order valence-corrected chi connectivity index (χ0v) is 32.3. The van der Waals surface area contributed by atoms with Crippen LogP contribution in [-0.2, 0) is 38.0 Å². The Bertz CT molecular complexity index is 1090. The molecule has 49 heavy (non-hydrogen) atoms. The summed E-state index contributed by atoms with van der Waals surface area (Å²) in [5, 5.41) is 34.7. The lowest BCUT2D eigenvalue weighted by atomic mass is 9.75. The summed E-state index contributed by atoms with van der Waals surface area (Å²) in [6.45, 7) is 18.3. The molecule has 0 aromatic heterocycles. The maximum atomic E-state index is 14.0. The van der Waals surface area contributed by atoms with Crippen LogP contribution in [0.15, 0.2) is 0 Å². The fraction of sp³-hybridized carbons (Fsp3) is 0.946. The predicted octanol–water partition coefficient (Wildman–Crippen LogP) is 3.70. The molecule has 0 bridgehead atoms. The van der Waals surface area contributed by atoms with Crippen LogP contribution in [0.5, 0.6) is 0 Å². The van der Waals surface area contributed by atoms with Crippen LogP contribution in [0.25, 0.3) is 0 Å². The first-order chi connectivity index (χ1) is 22.7. The first-order valence-electron chi connectivity index (χ1n) is 18.3. The minimum Gasteiger partial charge on any atom is -0.462 e. The van der Waals surface area contributed by atoms with E-state index in [1.807, 2.05) is 60.5 Å². The Hall–Kier alpha value is -1.22. The lowest BCUT2D eigenvalue weighted by Gasteiger charge is -2.48. The van der Waals surface area contributed by atoms with Gasteiger partial charge in [0.05, 0.1) is 41.5 Å². The number of aliphatic hydroxyl groups is 3. The Morgan fingerprint density at radius 1 is 0.918 bits per heavy atom. The van der Waals surface area contributed by atoms with Crippen molar-refractivity contribution in [1.82, 2.24) is 4.90 Å². The number of methoxy groups -OCH3 is 1. The van der Waals surface area contributed by atoms with Crippen LogP contribution in [-0.4, -0.2) is 126 Å². The smallest absolute Gasteiger partial charge is 0.311 e. The number of Topliss-reactive ketones (excluding diaryl/α,β-unsaturated/α-hetero) is 1. The molecule has 0 radical (unpaired) electrons. The van der Waals surface area contributed by atoms with E-state index in [0.717, 1.165) is 0 Å². The number of hydrogen-bond acceptors (Lipinski definition) is 12. The predicted molar refractivity (Wildman–Crippen MR) is 183 cm³/mol. The average Bonchev–Trinajstić information content (AvgIpc) is 3.02. The lowest BCUT2D eigenvalue weighted by molar-refractivity contribution is -0.317. The first kappa shape index (κ1) is 42.2. The molecule has 0 aliphatic carbocycles. The van der Waals surface area contributed by atoms with E-state index in [0.29, 0.717) is 19.3 Å². The highest BCUT2D eigenvalue weighted by atomic mass is 16.7. The first-order valence-corrected chi connectivity index (χ1v) is 18.3. The summed E-state index contributed by atoms with van der Waals surface area (Å²) >= 11 is 0. The van der Waals surface area contributed by atoms with Crippen molar-refractivity contribution in [3.05, 3.63) is 0 Å². The van der Waals surface area contributed by atoms with Gasteiger partial charge in [-0.25, -0.2) is 0 Å². The van der Waals surface area contributed by atoms with Gasteiger partial charge in [-0.1, -0.05) is 34.6 Å². The van der Waals surface area contributed by atoms with Crippen molar-refractivity contribution in [2.75, 3.05) is 21.2 Å². The fourth-order valence-corrected chi connectivity index (χ4v) is 8.42. The highest BCUT2D eigenvalue weighted by molar-refractivity contribution is 5.83. The molecule has 12 nitrogen and oxygen atoms in total. The van der Waals surface area contributed by atoms with E-state index in [2.05, 4.69) is 0 Å². The van der Waals surface area contributed by atoms with E-state index < -0.39 is 84.1 Å². The minimum absolute atomic E-state index is 0.00943. The van der Waals surface area contributed by atoms with Crippen LogP contribution < -0.4 is 0 Å². The zero-order valence-electron chi connectivity index (χ0n) is 32.3. The van der Waals surface area contributed by atoms with Gasteiger partial charge in [0.1, 0.15) is 24.1 Å². The van der Waals surface area contributed by atoms with Crippen LogP contribution in [0.1, 0.15) is 101 Å². The maximum absolute atomic E-state index is 14.0. The molecule has 0 unspecified atom stereocenters. The number of carbonyl (C=O) groups is 2. The van der Waals surface area contributed by atoms with Gasteiger partial charge in [0.25, 0.3) is 0 Å². The number of esters is 1. The van der Waals surface area contributed by atoms with Gasteiger partial charge in [0, 0.05) is 37.3 Å². The quantitative estimate of drug-likeness (QED) is 0.332. The molecule has 17 atom stereocenters. The number of cyclic esters (lactones) is 1. The third-order valence-electron chi connectivity index (χ3n) is 11.5. The summed E-state index contributed by atoms with van der Waals surface area (Å²) in [6, 6.07) is -0.266. The molecular formula is C37H67NO11. The van der Waals surface area contributed by atoms with Crippen molar-refractivity contribution in [2.45, 2.75) is 174 Å². The van der Waals surface area contributed by atoms with Gasteiger partial charge < -0.3 is 48.6 Å². The second-order valence-corrected chi connectivity index (χ2v) is 16.2. The van der Waals surface area contributed by atoms with Crippen molar-refractivity contribution in [3.8, 4) is 0 Å². The molecule has 3 fully saturated rings. The SMILES string of the molecule is CC[C@H]1OC(=O)[C@H](C)[C@@H](O[C@H]2C[C@@](C)(OC)[C@@H](O)[C@H](C)O2)[C@H](C)[C@@H](O[C@@H]2O[C@H](C)C[C@H](N(C)C)[C@H]2O)[C@](C)(O)C[C@@H](C)C(=O)[C@H](C)C[C@H]1C. The number of hydrogen-bond donors (Lipinski definition) is 3. The van der Waals surface area contributed by atoms with Crippen molar-refractivity contribution in [3.63, 3.8) is 0 Å². The van der Waals surface area contributed by atoms with Crippen LogP contribution in [0.2, 0.25) is 0 Å². The topological polar surface area (TPSA) is 153 Å². The summed E-state index contributed by atoms with van der Waals surface area (Å²) in [5.74, 6) is -2.95. The minimum atomic E-state index is -1.63. The Kier molecular flexibility index (Phi) is 14.7. The standard InChI is InChI=1S/C37H67NO11/c1-14-27-19(2)15-20(3)29(39)21(4)17-36(9,43)33(49-35-30(40)26(38(11)12)16-22(5)45-35)23(6)31(24(7)34(42)47-27)48-28-18-37(10,44-13)32(41)25(8)46-28/h19-28,30-33,35,40-41,43H,14-18H2,1-13H3/t19-,20-,21-,22-,23+,24-,25+,26+,27-,28+,30-,31+,32+,33-,35+,36-,37-/m1/s1. The fourth-order valence-electron chi connectivity index (χ4n) is 8.42. The molecule has 0 aromatic rings. The molecule has 0 aromatic carbocycles. The Labute approximate surface area is 294 Å². The number of ketones is 1. The Balaban J connectivity index is 2.13. The van der Waals surface area contributed by atoms with Gasteiger partial charge in [-0.3, -0.25) is 9.59 Å². The van der Waals surface area contributed by atoms with E-state index >= 15 is 0 Å². The number of nitrogens with zero attached hydrogens (tertiary/aromatic N) is 1. The van der Waals surface area contributed by atoms with Crippen LogP contribution in [0, 0.1) is 29.6 Å². The van der Waals surface area contributed by atoms with E-state index in [9.17, 15) is 24.9 Å². The molecule has 286 valence electrons. The van der Waals surface area contributed by atoms with Crippen LogP contribution in [0.4, 0.5) is 0 Å². The molecular weight excluding hydrogens is 634 g/mol. The largest absolute Gasteiger partial charge is 0.462 e.